The first-order valence-electron chi connectivity index (χ1n) is 5.87. The molecule has 0 aromatic rings. The molecule has 3 heteroatoms. The Balaban J connectivity index is 1.66. The molecule has 0 N–H and O–H groups in total. The van der Waals surface area contributed by atoms with E-state index in [2.05, 4.69) is 16.8 Å². The molecule has 0 amide bonds. The largest absolute Gasteiger partial charge is 0.304 e. The Kier molecular flexibility index (Phi) is 3.54. The summed E-state index contributed by atoms with van der Waals surface area (Å²) in [6.45, 7) is 5.47. The van der Waals surface area contributed by atoms with Gasteiger partial charge in [-0.1, -0.05) is 6.08 Å². The summed E-state index contributed by atoms with van der Waals surface area (Å²) in [5.74, 6) is 0.706. The number of allylic oxidation sites excluding steroid dienone is 1. The monoisotopic (exact) mass is 208 g/mol. The van der Waals surface area contributed by atoms with Crippen LogP contribution in [-0.4, -0.2) is 55.4 Å². The first-order chi connectivity index (χ1) is 7.25. The van der Waals surface area contributed by atoms with Crippen LogP contribution in [0.5, 0.6) is 0 Å². The van der Waals surface area contributed by atoms with E-state index in [0.29, 0.717) is 11.7 Å². The van der Waals surface area contributed by atoms with Crippen LogP contribution in [0.2, 0.25) is 0 Å². The summed E-state index contributed by atoms with van der Waals surface area (Å²) in [6.07, 6.45) is 6.04. The van der Waals surface area contributed by atoms with Crippen LogP contribution in [0.1, 0.15) is 12.8 Å². The molecule has 0 atom stereocenters. The predicted octanol–water partition coefficient (Wildman–Crippen LogP) is 0.769. The molecule has 15 heavy (non-hydrogen) atoms. The molecule has 1 aliphatic carbocycles. The zero-order chi connectivity index (χ0) is 10.7. The lowest BCUT2D eigenvalue weighted by molar-refractivity contribution is -0.115. The molecule has 1 saturated heterocycles. The molecule has 0 radical (unpaired) electrons. The Morgan fingerprint density at radius 1 is 1.27 bits per heavy atom. The van der Waals surface area contributed by atoms with Gasteiger partial charge in [0.2, 0.25) is 0 Å². The van der Waals surface area contributed by atoms with Gasteiger partial charge in [-0.25, -0.2) is 0 Å². The molecule has 84 valence electrons. The van der Waals surface area contributed by atoms with E-state index < -0.39 is 0 Å². The van der Waals surface area contributed by atoms with Crippen molar-refractivity contribution in [2.45, 2.75) is 12.8 Å². The molecule has 2 aliphatic rings. The van der Waals surface area contributed by atoms with E-state index in [1.807, 2.05) is 6.08 Å². The number of piperazine rings is 1. The molecule has 2 rings (SSSR count). The molecule has 2 fully saturated rings. The molecule has 1 heterocycles. The average Bonchev–Trinajstić information content (AvgIpc) is 3.04. The van der Waals surface area contributed by atoms with Gasteiger partial charge in [0.15, 0.2) is 5.78 Å². The number of carbonyl (C=O) groups is 1. The van der Waals surface area contributed by atoms with Gasteiger partial charge in [0, 0.05) is 38.6 Å². The van der Waals surface area contributed by atoms with Gasteiger partial charge in [-0.05, 0) is 26.0 Å². The minimum absolute atomic E-state index is 0.337. The van der Waals surface area contributed by atoms with Crippen LogP contribution in [0.3, 0.4) is 0 Å². The summed E-state index contributed by atoms with van der Waals surface area (Å²) in [7, 11) is 2.16. The molecule has 1 saturated carbocycles. The van der Waals surface area contributed by atoms with Gasteiger partial charge in [-0.15, -0.1) is 0 Å². The Morgan fingerprint density at radius 2 is 1.93 bits per heavy atom. The molecule has 0 bridgehead atoms. The van der Waals surface area contributed by atoms with Gasteiger partial charge < -0.3 is 4.90 Å². The molecule has 0 unspecified atom stereocenters. The highest BCUT2D eigenvalue weighted by molar-refractivity contribution is 5.93. The SMILES string of the molecule is CN1CCN(C/C=C/C(=O)C2CC2)CC1. The van der Waals surface area contributed by atoms with Crippen LogP contribution >= 0.6 is 0 Å². The van der Waals surface area contributed by atoms with Crippen LogP contribution in [0.15, 0.2) is 12.2 Å². The van der Waals surface area contributed by atoms with Crippen molar-refractivity contribution in [3.63, 3.8) is 0 Å². The summed E-state index contributed by atoms with van der Waals surface area (Å²) in [5, 5.41) is 0. The van der Waals surface area contributed by atoms with Crippen molar-refractivity contribution in [1.29, 1.82) is 0 Å². The van der Waals surface area contributed by atoms with Gasteiger partial charge in [-0.2, -0.15) is 0 Å². The standard InChI is InChI=1S/C12H20N2O/c1-13-7-9-14(10-8-13)6-2-3-12(15)11-4-5-11/h2-3,11H,4-10H2,1H3/b3-2+. The maximum absolute atomic E-state index is 11.4. The first-order valence-corrected chi connectivity index (χ1v) is 5.87. The molecular weight excluding hydrogens is 188 g/mol. The summed E-state index contributed by atoms with van der Waals surface area (Å²) >= 11 is 0. The lowest BCUT2D eigenvalue weighted by Crippen LogP contribution is -2.44. The zero-order valence-corrected chi connectivity index (χ0v) is 9.48. The molecule has 1 aliphatic heterocycles. The number of likely N-dealkylation sites (N-methyl/N-ethyl adjacent to an activating group) is 1. The van der Waals surface area contributed by atoms with Crippen LogP contribution < -0.4 is 0 Å². The lowest BCUT2D eigenvalue weighted by Gasteiger charge is -2.31. The van der Waals surface area contributed by atoms with E-state index in [0.717, 1.165) is 45.6 Å². The highest BCUT2D eigenvalue weighted by atomic mass is 16.1. The Hall–Kier alpha value is -0.670. The normalized spacial score (nSPS) is 24.9. The topological polar surface area (TPSA) is 23.6 Å². The fourth-order valence-electron chi connectivity index (χ4n) is 1.85. The van der Waals surface area contributed by atoms with Crippen molar-refractivity contribution >= 4 is 5.78 Å². The fourth-order valence-corrected chi connectivity index (χ4v) is 1.85. The number of hydrogen-bond acceptors (Lipinski definition) is 3. The number of carbonyl (C=O) groups excluding carboxylic acids is 1. The smallest absolute Gasteiger partial charge is 0.158 e. The maximum Gasteiger partial charge on any atom is 0.158 e. The molecular formula is C12H20N2O. The van der Waals surface area contributed by atoms with E-state index in [1.54, 1.807) is 6.08 Å². The van der Waals surface area contributed by atoms with E-state index in [1.165, 1.54) is 0 Å². The van der Waals surface area contributed by atoms with Gasteiger partial charge in [0.25, 0.3) is 0 Å². The average molecular weight is 208 g/mol. The van der Waals surface area contributed by atoms with E-state index in [4.69, 9.17) is 0 Å². The van der Waals surface area contributed by atoms with Crippen molar-refractivity contribution in [2.24, 2.45) is 5.92 Å². The third-order valence-electron chi connectivity index (χ3n) is 3.22. The van der Waals surface area contributed by atoms with Gasteiger partial charge in [-0.3, -0.25) is 9.69 Å². The second-order valence-corrected chi connectivity index (χ2v) is 4.68. The summed E-state index contributed by atoms with van der Waals surface area (Å²) in [5.41, 5.74) is 0. The minimum atomic E-state index is 0.337. The second-order valence-electron chi connectivity index (χ2n) is 4.68. The number of nitrogens with zero attached hydrogens (tertiary/aromatic N) is 2. The summed E-state index contributed by atoms with van der Waals surface area (Å²) < 4.78 is 0. The predicted molar refractivity (Wildman–Crippen MR) is 60.8 cm³/mol. The third kappa shape index (κ3) is 3.43. The second kappa shape index (κ2) is 4.90. The Bertz CT molecular complexity index is 250. The first kappa shape index (κ1) is 10.8. The molecule has 0 aromatic carbocycles. The van der Waals surface area contributed by atoms with E-state index in [-0.39, 0.29) is 0 Å². The van der Waals surface area contributed by atoms with E-state index >= 15 is 0 Å². The zero-order valence-electron chi connectivity index (χ0n) is 9.48. The number of ketones is 1. The highest BCUT2D eigenvalue weighted by Crippen LogP contribution is 2.29. The van der Waals surface area contributed by atoms with Crippen molar-refractivity contribution < 1.29 is 4.79 Å². The van der Waals surface area contributed by atoms with Crippen LogP contribution in [-0.2, 0) is 4.79 Å². The van der Waals surface area contributed by atoms with Crippen molar-refractivity contribution in [3.05, 3.63) is 12.2 Å². The quantitative estimate of drug-likeness (QED) is 0.638. The molecule has 0 spiro atoms. The molecule has 0 aromatic heterocycles. The minimum Gasteiger partial charge on any atom is -0.304 e. The fraction of sp³-hybridized carbons (Fsp3) is 0.750. The van der Waals surface area contributed by atoms with Crippen molar-refractivity contribution in [1.82, 2.24) is 9.80 Å². The van der Waals surface area contributed by atoms with Gasteiger partial charge in [0.1, 0.15) is 0 Å². The van der Waals surface area contributed by atoms with Crippen molar-refractivity contribution in [2.75, 3.05) is 39.8 Å². The maximum atomic E-state index is 11.4. The number of rotatable bonds is 4. The Morgan fingerprint density at radius 3 is 2.53 bits per heavy atom. The van der Waals surface area contributed by atoms with Crippen LogP contribution in [0, 0.1) is 5.92 Å². The van der Waals surface area contributed by atoms with Crippen molar-refractivity contribution in [3.8, 4) is 0 Å². The lowest BCUT2D eigenvalue weighted by atomic mass is 10.2. The van der Waals surface area contributed by atoms with E-state index in [9.17, 15) is 4.79 Å². The van der Waals surface area contributed by atoms with Crippen LogP contribution in [0.4, 0.5) is 0 Å². The highest BCUT2D eigenvalue weighted by Gasteiger charge is 2.27. The summed E-state index contributed by atoms with van der Waals surface area (Å²) in [4.78, 5) is 16.1. The van der Waals surface area contributed by atoms with Gasteiger partial charge >= 0.3 is 0 Å². The number of hydrogen-bond donors (Lipinski definition) is 0. The molecule has 3 nitrogen and oxygen atoms in total. The van der Waals surface area contributed by atoms with Gasteiger partial charge in [0.05, 0.1) is 0 Å². The van der Waals surface area contributed by atoms with Crippen LogP contribution in [0.25, 0.3) is 0 Å². The Labute approximate surface area is 91.7 Å². The summed E-state index contributed by atoms with van der Waals surface area (Å²) in [6, 6.07) is 0. The third-order valence-corrected chi connectivity index (χ3v) is 3.22.